The van der Waals surface area contributed by atoms with Crippen LogP contribution in [0.5, 0.6) is 0 Å². The van der Waals surface area contributed by atoms with Crippen LogP contribution < -0.4 is 0 Å². The summed E-state index contributed by atoms with van der Waals surface area (Å²) in [4.78, 5) is 0. The van der Waals surface area contributed by atoms with Gasteiger partial charge in [0, 0.05) is 34.5 Å². The van der Waals surface area contributed by atoms with Gasteiger partial charge in [-0.15, -0.1) is 0 Å². The molecule has 0 amide bonds. The minimum Gasteiger partial charge on any atom is -0.379 e. The van der Waals surface area contributed by atoms with Gasteiger partial charge in [0.2, 0.25) is 0 Å². The molecule has 0 aromatic heterocycles. The molecule has 0 N–H and O–H groups in total. The van der Waals surface area contributed by atoms with Crippen molar-refractivity contribution in [1.29, 1.82) is 0 Å². The molecule has 0 aliphatic carbocycles. The van der Waals surface area contributed by atoms with E-state index in [1.54, 1.807) is 0 Å². The first kappa shape index (κ1) is 15.0. The van der Waals surface area contributed by atoms with Crippen molar-refractivity contribution in [2.75, 3.05) is 47.8 Å². The Hall–Kier alpha value is -0.0231. The predicted octanol–water partition coefficient (Wildman–Crippen LogP) is 0.573. The quantitative estimate of drug-likeness (QED) is 0.310. The van der Waals surface area contributed by atoms with E-state index in [0.29, 0.717) is 19.3 Å². The van der Waals surface area contributed by atoms with Gasteiger partial charge in [0.25, 0.3) is 0 Å². The molecule has 1 atom stereocenters. The molecule has 0 saturated carbocycles. The van der Waals surface area contributed by atoms with Gasteiger partial charge >= 0.3 is 9.05 Å². The third-order valence-corrected chi connectivity index (χ3v) is 4.48. The topological polar surface area (TPSA) is 58.7 Å². The first-order chi connectivity index (χ1) is 8.26. The zero-order valence-electron chi connectivity index (χ0n) is 10.8. The second-order valence-electron chi connectivity index (χ2n) is 3.70. The second kappa shape index (κ2) is 8.14. The highest BCUT2D eigenvalue weighted by Gasteiger charge is 2.41. The number of epoxide rings is 1. The van der Waals surface area contributed by atoms with Gasteiger partial charge in [-0.2, -0.15) is 0 Å². The lowest BCUT2D eigenvalue weighted by Crippen LogP contribution is -2.46. The van der Waals surface area contributed by atoms with E-state index in [1.165, 1.54) is 21.3 Å². The molecule has 1 unspecified atom stereocenters. The predicted molar refractivity (Wildman–Crippen MR) is 62.5 cm³/mol. The van der Waals surface area contributed by atoms with Gasteiger partial charge in [-0.05, 0) is 12.8 Å². The molecule has 7 heteroatoms. The number of hydrogen-bond acceptors (Lipinski definition) is 6. The summed E-state index contributed by atoms with van der Waals surface area (Å²) in [6, 6.07) is 0. The van der Waals surface area contributed by atoms with Crippen LogP contribution in [0.4, 0.5) is 0 Å². The Kier molecular flexibility index (Phi) is 7.20. The monoisotopic (exact) mass is 266 g/mol. The Balaban J connectivity index is 1.93. The molecule has 1 aliphatic heterocycles. The van der Waals surface area contributed by atoms with Gasteiger partial charge in [0.15, 0.2) is 0 Å². The van der Waals surface area contributed by atoms with Gasteiger partial charge in [0.1, 0.15) is 6.10 Å². The zero-order valence-corrected chi connectivity index (χ0v) is 11.8. The lowest BCUT2D eigenvalue weighted by Gasteiger charge is -2.22. The van der Waals surface area contributed by atoms with Gasteiger partial charge < -0.3 is 27.2 Å². The van der Waals surface area contributed by atoms with Crippen LogP contribution in [0.2, 0.25) is 0 Å². The van der Waals surface area contributed by atoms with Crippen molar-refractivity contribution in [2.45, 2.75) is 18.9 Å². The number of rotatable bonds is 11. The SMILES string of the molecule is CO[Si](OC)(OC)OCCCCOCC1CO1. The molecule has 0 aromatic carbocycles. The lowest BCUT2D eigenvalue weighted by molar-refractivity contribution is 0.00363. The van der Waals surface area contributed by atoms with Crippen molar-refractivity contribution in [3.05, 3.63) is 0 Å². The molecule has 1 saturated heterocycles. The molecule has 1 aliphatic rings. The first-order valence-electron chi connectivity index (χ1n) is 5.75. The van der Waals surface area contributed by atoms with Crippen molar-refractivity contribution in [2.24, 2.45) is 0 Å². The third-order valence-electron chi connectivity index (χ3n) is 2.42. The molecule has 1 fully saturated rings. The molecular formula is C10H22O6Si. The second-order valence-corrected chi connectivity index (χ2v) is 6.21. The number of unbranched alkanes of at least 4 members (excludes halogenated alkanes) is 1. The summed E-state index contributed by atoms with van der Waals surface area (Å²) in [6.07, 6.45) is 2.16. The summed E-state index contributed by atoms with van der Waals surface area (Å²) >= 11 is 0. The van der Waals surface area contributed by atoms with E-state index in [4.69, 9.17) is 27.2 Å². The average molecular weight is 266 g/mol. The van der Waals surface area contributed by atoms with Crippen LogP contribution in [-0.4, -0.2) is 62.9 Å². The summed E-state index contributed by atoms with van der Waals surface area (Å²) < 4.78 is 31.3. The average Bonchev–Trinajstić information content (AvgIpc) is 3.18. The zero-order chi connectivity index (χ0) is 12.6. The van der Waals surface area contributed by atoms with Crippen LogP contribution in [0.15, 0.2) is 0 Å². The summed E-state index contributed by atoms with van der Waals surface area (Å²) in [5.41, 5.74) is 0. The summed E-state index contributed by atoms with van der Waals surface area (Å²) in [7, 11) is 1.72. The fraction of sp³-hybridized carbons (Fsp3) is 1.00. The van der Waals surface area contributed by atoms with Gasteiger partial charge in [-0.1, -0.05) is 0 Å². The molecule has 17 heavy (non-hydrogen) atoms. The van der Waals surface area contributed by atoms with E-state index in [1.807, 2.05) is 0 Å². The van der Waals surface area contributed by atoms with E-state index in [9.17, 15) is 0 Å². The normalized spacial score (nSPS) is 19.6. The van der Waals surface area contributed by atoms with E-state index >= 15 is 0 Å². The van der Waals surface area contributed by atoms with Crippen molar-refractivity contribution < 1.29 is 27.2 Å². The third kappa shape index (κ3) is 5.91. The Morgan fingerprint density at radius 3 is 2.18 bits per heavy atom. The Labute approximate surface area is 104 Å². The highest BCUT2D eigenvalue weighted by atomic mass is 28.4. The van der Waals surface area contributed by atoms with Crippen molar-refractivity contribution in [1.82, 2.24) is 0 Å². The number of ether oxygens (including phenoxy) is 2. The fourth-order valence-electron chi connectivity index (χ4n) is 1.31. The van der Waals surface area contributed by atoms with Gasteiger partial charge in [0.05, 0.1) is 13.2 Å². The minimum absolute atomic E-state index is 0.335. The van der Waals surface area contributed by atoms with Crippen LogP contribution >= 0.6 is 0 Å². The first-order valence-corrected chi connectivity index (χ1v) is 7.38. The molecule has 0 spiro atoms. The molecule has 6 nitrogen and oxygen atoms in total. The smallest absolute Gasteiger partial charge is 0.379 e. The maximum Gasteiger partial charge on any atom is 0.678 e. The molecule has 102 valence electrons. The number of hydrogen-bond donors (Lipinski definition) is 0. The van der Waals surface area contributed by atoms with Crippen LogP contribution in [-0.2, 0) is 27.2 Å². The van der Waals surface area contributed by atoms with Crippen molar-refractivity contribution in [3.63, 3.8) is 0 Å². The molecular weight excluding hydrogens is 244 g/mol. The molecule has 0 aromatic rings. The van der Waals surface area contributed by atoms with Crippen LogP contribution in [0, 0.1) is 0 Å². The maximum atomic E-state index is 5.51. The van der Waals surface area contributed by atoms with Crippen LogP contribution in [0.25, 0.3) is 0 Å². The van der Waals surface area contributed by atoms with Gasteiger partial charge in [-0.3, -0.25) is 0 Å². The molecule has 0 radical (unpaired) electrons. The highest BCUT2D eigenvalue weighted by Crippen LogP contribution is 2.10. The Morgan fingerprint density at radius 2 is 1.65 bits per heavy atom. The lowest BCUT2D eigenvalue weighted by atomic mass is 10.3. The molecule has 0 bridgehead atoms. The standard InChI is InChI=1S/C10H22O6Si/c1-11-17(12-2,13-3)16-7-5-4-6-14-8-10-9-15-10/h10H,4-9H2,1-3H3. The molecule has 1 heterocycles. The summed E-state index contributed by atoms with van der Waals surface area (Å²) in [6.45, 7) is 2.82. The Bertz CT molecular complexity index is 187. The van der Waals surface area contributed by atoms with Gasteiger partial charge in [-0.25, -0.2) is 0 Å². The van der Waals surface area contributed by atoms with E-state index in [2.05, 4.69) is 0 Å². The minimum atomic E-state index is -2.85. The van der Waals surface area contributed by atoms with Crippen LogP contribution in [0.3, 0.4) is 0 Å². The van der Waals surface area contributed by atoms with E-state index in [0.717, 1.165) is 26.1 Å². The van der Waals surface area contributed by atoms with E-state index < -0.39 is 9.05 Å². The molecule has 1 rings (SSSR count). The van der Waals surface area contributed by atoms with Crippen molar-refractivity contribution in [3.8, 4) is 0 Å². The van der Waals surface area contributed by atoms with Crippen LogP contribution in [0.1, 0.15) is 12.8 Å². The van der Waals surface area contributed by atoms with E-state index in [-0.39, 0.29) is 0 Å². The highest BCUT2D eigenvalue weighted by molar-refractivity contribution is 6.53. The maximum absolute atomic E-state index is 5.51. The largest absolute Gasteiger partial charge is 0.678 e. The summed E-state index contributed by atoms with van der Waals surface area (Å²) in [5, 5.41) is 0. The van der Waals surface area contributed by atoms with Crippen molar-refractivity contribution >= 4 is 9.05 Å². The fourth-order valence-corrected chi connectivity index (χ4v) is 2.56. The Morgan fingerprint density at radius 1 is 1.06 bits per heavy atom. The summed E-state index contributed by atoms with van der Waals surface area (Å²) in [5.74, 6) is 0.